The highest BCUT2D eigenvalue weighted by molar-refractivity contribution is 6.11. The number of nitrogens with zero attached hydrogens (tertiary/aromatic N) is 2. The molecule has 31 heavy (non-hydrogen) atoms. The summed E-state index contributed by atoms with van der Waals surface area (Å²) >= 11 is 0. The summed E-state index contributed by atoms with van der Waals surface area (Å²) in [7, 11) is 0. The second-order valence-electron chi connectivity index (χ2n) is 9.09. The van der Waals surface area contributed by atoms with Crippen LogP contribution >= 0.6 is 0 Å². The van der Waals surface area contributed by atoms with Crippen LogP contribution < -0.4 is 0 Å². The van der Waals surface area contributed by atoms with E-state index in [4.69, 9.17) is 0 Å². The molecule has 0 aliphatic carbocycles. The van der Waals surface area contributed by atoms with E-state index < -0.39 is 0 Å². The van der Waals surface area contributed by atoms with E-state index in [2.05, 4.69) is 121 Å². The van der Waals surface area contributed by atoms with Crippen LogP contribution in [0.1, 0.15) is 27.2 Å². The fraction of sp³-hybridized carbons (Fsp3) is 0.172. The molecular weight excluding hydrogens is 376 g/mol. The maximum atomic E-state index is 2.52. The summed E-state index contributed by atoms with van der Waals surface area (Å²) in [6, 6.07) is 33.2. The highest BCUT2D eigenvalue weighted by Gasteiger charge is 2.23. The zero-order valence-corrected chi connectivity index (χ0v) is 18.3. The zero-order chi connectivity index (χ0) is 21.2. The number of hydrogen-bond acceptors (Lipinski definition) is 0. The molecule has 0 fully saturated rings. The van der Waals surface area contributed by atoms with Crippen LogP contribution in [-0.4, -0.2) is 9.13 Å². The normalized spacial score (nSPS) is 12.5. The Kier molecular flexibility index (Phi) is 3.82. The highest BCUT2D eigenvalue weighted by Crippen LogP contribution is 2.38. The predicted molar refractivity (Wildman–Crippen MR) is 133 cm³/mol. The van der Waals surface area contributed by atoms with Gasteiger partial charge in [0.25, 0.3) is 0 Å². The van der Waals surface area contributed by atoms with Crippen LogP contribution in [0.4, 0.5) is 0 Å². The molecule has 6 rings (SSSR count). The Balaban J connectivity index is 1.73. The van der Waals surface area contributed by atoms with E-state index in [9.17, 15) is 0 Å². The minimum absolute atomic E-state index is 0.0513. The van der Waals surface area contributed by atoms with Crippen LogP contribution in [0.25, 0.3) is 49.3 Å². The smallest absolute Gasteiger partial charge is 0.0541 e. The Bertz CT molecular complexity index is 1540. The lowest BCUT2D eigenvalue weighted by molar-refractivity contribution is 0.364. The van der Waals surface area contributed by atoms with Crippen LogP contribution in [0, 0.1) is 0 Å². The summed E-state index contributed by atoms with van der Waals surface area (Å²) in [5.41, 5.74) is 6.38. The molecule has 2 heteroatoms. The second kappa shape index (κ2) is 6.49. The van der Waals surface area contributed by atoms with Gasteiger partial charge in [-0.3, -0.25) is 0 Å². The Hall–Kier alpha value is -3.52. The van der Waals surface area contributed by atoms with Gasteiger partial charge in [-0.2, -0.15) is 0 Å². The van der Waals surface area contributed by atoms with Crippen molar-refractivity contribution in [2.75, 3.05) is 0 Å². The fourth-order valence-electron chi connectivity index (χ4n) is 5.11. The van der Waals surface area contributed by atoms with Gasteiger partial charge >= 0.3 is 0 Å². The summed E-state index contributed by atoms with van der Waals surface area (Å²) in [5, 5.41) is 5.23. The molecule has 2 nitrogen and oxygen atoms in total. The van der Waals surface area contributed by atoms with Gasteiger partial charge in [0.1, 0.15) is 0 Å². The van der Waals surface area contributed by atoms with Crippen LogP contribution in [-0.2, 0) is 5.54 Å². The van der Waals surface area contributed by atoms with Crippen molar-refractivity contribution >= 4 is 43.6 Å². The second-order valence-corrected chi connectivity index (χ2v) is 9.09. The standard InChI is InChI=1S/C29H26N2/c1-4-29(2,3)31-27-16-10-7-13-23(27)24-19-20(17-18-28(24)31)30-25-14-8-5-11-21(25)22-12-6-9-15-26(22)30/h5-19H,4H2,1-3H3. The predicted octanol–water partition coefficient (Wildman–Crippen LogP) is 8.04. The van der Waals surface area contributed by atoms with Crippen molar-refractivity contribution in [3.05, 3.63) is 91.0 Å². The van der Waals surface area contributed by atoms with Crippen molar-refractivity contribution in [2.24, 2.45) is 0 Å². The monoisotopic (exact) mass is 402 g/mol. The van der Waals surface area contributed by atoms with Crippen molar-refractivity contribution in [2.45, 2.75) is 32.7 Å². The quantitative estimate of drug-likeness (QED) is 0.283. The van der Waals surface area contributed by atoms with Gasteiger partial charge in [-0.05, 0) is 56.7 Å². The molecule has 0 unspecified atom stereocenters. The number of aromatic nitrogens is 2. The van der Waals surface area contributed by atoms with Crippen LogP contribution in [0.5, 0.6) is 0 Å². The molecule has 0 aliphatic heterocycles. The lowest BCUT2D eigenvalue weighted by atomic mass is 10.0. The number of fused-ring (bicyclic) bond motifs is 6. The summed E-state index contributed by atoms with van der Waals surface area (Å²) in [6.45, 7) is 6.94. The van der Waals surface area contributed by atoms with Gasteiger partial charge in [0, 0.05) is 43.8 Å². The Morgan fingerprint density at radius 1 is 0.581 bits per heavy atom. The van der Waals surface area contributed by atoms with E-state index >= 15 is 0 Å². The Morgan fingerprint density at radius 3 is 1.65 bits per heavy atom. The lowest BCUT2D eigenvalue weighted by Gasteiger charge is -2.28. The molecule has 0 aliphatic rings. The molecule has 0 saturated heterocycles. The summed E-state index contributed by atoms with van der Waals surface area (Å²) in [4.78, 5) is 0. The van der Waals surface area contributed by atoms with Gasteiger partial charge < -0.3 is 9.13 Å². The molecule has 0 radical (unpaired) electrons. The molecule has 0 N–H and O–H groups in total. The number of benzene rings is 4. The number of hydrogen-bond donors (Lipinski definition) is 0. The third-order valence-electron chi connectivity index (χ3n) is 6.96. The van der Waals surface area contributed by atoms with E-state index in [1.54, 1.807) is 0 Å². The SMILES string of the molecule is CCC(C)(C)n1c2ccccc2c2cc(-n3c4ccccc4c4ccccc43)ccc21. The van der Waals surface area contributed by atoms with Crippen LogP contribution in [0.15, 0.2) is 91.0 Å². The highest BCUT2D eigenvalue weighted by atomic mass is 15.1. The van der Waals surface area contributed by atoms with Crippen molar-refractivity contribution in [1.29, 1.82) is 0 Å². The van der Waals surface area contributed by atoms with Gasteiger partial charge in [-0.15, -0.1) is 0 Å². The minimum atomic E-state index is 0.0513. The van der Waals surface area contributed by atoms with Crippen LogP contribution in [0.2, 0.25) is 0 Å². The minimum Gasteiger partial charge on any atom is -0.335 e. The maximum Gasteiger partial charge on any atom is 0.0541 e. The first kappa shape index (κ1) is 18.3. The van der Waals surface area contributed by atoms with Crippen molar-refractivity contribution < 1.29 is 0 Å². The fourth-order valence-corrected chi connectivity index (χ4v) is 5.11. The summed E-state index contributed by atoms with van der Waals surface area (Å²) in [5.74, 6) is 0. The number of para-hydroxylation sites is 3. The van der Waals surface area contributed by atoms with Crippen molar-refractivity contribution in [1.82, 2.24) is 9.13 Å². The summed E-state index contributed by atoms with van der Waals surface area (Å²) < 4.78 is 4.93. The topological polar surface area (TPSA) is 9.86 Å². The molecule has 0 saturated carbocycles. The molecule has 2 aromatic heterocycles. The molecule has 0 amide bonds. The van der Waals surface area contributed by atoms with Gasteiger partial charge in [-0.1, -0.05) is 61.5 Å². The van der Waals surface area contributed by atoms with Gasteiger partial charge in [-0.25, -0.2) is 0 Å². The molecule has 4 aromatic carbocycles. The third kappa shape index (κ3) is 2.51. The zero-order valence-electron chi connectivity index (χ0n) is 18.3. The van der Waals surface area contributed by atoms with E-state index in [0.29, 0.717) is 0 Å². The van der Waals surface area contributed by atoms with Crippen molar-refractivity contribution in [3.63, 3.8) is 0 Å². The Morgan fingerprint density at radius 2 is 1.06 bits per heavy atom. The van der Waals surface area contributed by atoms with E-state index in [1.807, 2.05) is 0 Å². The third-order valence-corrected chi connectivity index (χ3v) is 6.96. The molecule has 0 atom stereocenters. The first-order valence-corrected chi connectivity index (χ1v) is 11.1. The molecule has 0 spiro atoms. The lowest BCUT2D eigenvalue weighted by Crippen LogP contribution is -2.24. The number of rotatable bonds is 3. The van der Waals surface area contributed by atoms with E-state index in [0.717, 1.165) is 6.42 Å². The molecule has 2 heterocycles. The molecule has 152 valence electrons. The molecule has 6 aromatic rings. The Labute approximate surface area is 182 Å². The van der Waals surface area contributed by atoms with Gasteiger partial charge in [0.05, 0.1) is 11.0 Å². The average molecular weight is 403 g/mol. The maximum absolute atomic E-state index is 2.52. The largest absolute Gasteiger partial charge is 0.335 e. The first-order valence-electron chi connectivity index (χ1n) is 11.1. The van der Waals surface area contributed by atoms with Gasteiger partial charge in [0.15, 0.2) is 0 Å². The summed E-state index contributed by atoms with van der Waals surface area (Å²) in [6.07, 6.45) is 1.08. The van der Waals surface area contributed by atoms with Crippen molar-refractivity contribution in [3.8, 4) is 5.69 Å². The van der Waals surface area contributed by atoms with Crippen LogP contribution in [0.3, 0.4) is 0 Å². The molecular formula is C29H26N2. The van der Waals surface area contributed by atoms with E-state index in [1.165, 1.54) is 49.3 Å². The molecule has 0 bridgehead atoms. The average Bonchev–Trinajstić information content (AvgIpc) is 3.32. The van der Waals surface area contributed by atoms with Gasteiger partial charge in [0.2, 0.25) is 0 Å². The van der Waals surface area contributed by atoms with E-state index in [-0.39, 0.29) is 5.54 Å². The first-order chi connectivity index (χ1) is 15.1.